The van der Waals surface area contributed by atoms with Gasteiger partial charge in [0.25, 0.3) is 0 Å². The minimum absolute atomic E-state index is 0.288. The molecule has 1 heterocycles. The van der Waals surface area contributed by atoms with Crippen molar-refractivity contribution in [2.45, 2.75) is 26.4 Å². The van der Waals surface area contributed by atoms with Gasteiger partial charge < -0.3 is 5.11 Å². The van der Waals surface area contributed by atoms with Crippen LogP contribution in [0.2, 0.25) is 5.02 Å². The molecule has 0 saturated carbocycles. The highest BCUT2D eigenvalue weighted by atomic mass is 35.5. The average molecular weight is 286 g/mol. The number of hydrogen-bond acceptors (Lipinski definition) is 3. The molecule has 0 spiro atoms. The van der Waals surface area contributed by atoms with E-state index in [1.807, 2.05) is 13.8 Å². The number of benzene rings is 1. The number of aliphatic hydroxyl groups is 1. The van der Waals surface area contributed by atoms with Crippen molar-refractivity contribution in [2.75, 3.05) is 0 Å². The van der Waals surface area contributed by atoms with Gasteiger partial charge in [0.2, 0.25) is 0 Å². The van der Waals surface area contributed by atoms with Gasteiger partial charge in [0.15, 0.2) is 0 Å². The Morgan fingerprint density at radius 3 is 2.67 bits per heavy atom. The monoisotopic (exact) mass is 285 g/mol. The van der Waals surface area contributed by atoms with Crippen LogP contribution in [0.1, 0.15) is 27.2 Å². The number of thiazole rings is 1. The van der Waals surface area contributed by atoms with E-state index in [9.17, 15) is 9.50 Å². The van der Waals surface area contributed by atoms with Gasteiger partial charge in [0.05, 0.1) is 16.8 Å². The van der Waals surface area contributed by atoms with E-state index in [0.717, 1.165) is 15.6 Å². The van der Waals surface area contributed by atoms with Gasteiger partial charge in [0, 0.05) is 16.3 Å². The van der Waals surface area contributed by atoms with Gasteiger partial charge >= 0.3 is 0 Å². The molecule has 0 fully saturated rings. The molecule has 0 saturated heterocycles. The highest BCUT2D eigenvalue weighted by Gasteiger charge is 2.14. The molecule has 1 unspecified atom stereocenters. The summed E-state index contributed by atoms with van der Waals surface area (Å²) in [4.78, 5) is 5.49. The lowest BCUT2D eigenvalue weighted by Gasteiger charge is -2.09. The van der Waals surface area contributed by atoms with Crippen molar-refractivity contribution in [3.63, 3.8) is 0 Å². The highest BCUT2D eigenvalue weighted by Crippen LogP contribution is 2.25. The third kappa shape index (κ3) is 3.07. The van der Waals surface area contributed by atoms with E-state index < -0.39 is 11.9 Å². The third-order valence-corrected chi connectivity index (χ3v) is 4.02. The van der Waals surface area contributed by atoms with Crippen LogP contribution in [0, 0.1) is 19.7 Å². The number of aliphatic hydroxyl groups excluding tert-OH is 1. The molecule has 5 heteroatoms. The smallest absolute Gasteiger partial charge is 0.125 e. The van der Waals surface area contributed by atoms with Crippen molar-refractivity contribution in [1.82, 2.24) is 4.98 Å². The molecule has 2 aromatic rings. The maximum atomic E-state index is 13.2. The van der Waals surface area contributed by atoms with Gasteiger partial charge in [-0.1, -0.05) is 11.6 Å². The minimum Gasteiger partial charge on any atom is -0.388 e. The van der Waals surface area contributed by atoms with Crippen molar-refractivity contribution in [3.8, 4) is 0 Å². The Labute approximate surface area is 114 Å². The molecule has 0 aliphatic heterocycles. The maximum Gasteiger partial charge on any atom is 0.125 e. The van der Waals surface area contributed by atoms with Crippen LogP contribution in [-0.4, -0.2) is 10.1 Å². The van der Waals surface area contributed by atoms with Gasteiger partial charge in [-0.3, -0.25) is 0 Å². The number of halogens is 2. The van der Waals surface area contributed by atoms with E-state index in [-0.39, 0.29) is 5.02 Å². The number of hydrogen-bond donors (Lipinski definition) is 1. The second kappa shape index (κ2) is 5.34. The van der Waals surface area contributed by atoms with Crippen molar-refractivity contribution < 1.29 is 9.50 Å². The Bertz CT molecular complexity index is 530. The van der Waals surface area contributed by atoms with Gasteiger partial charge in [-0.25, -0.2) is 9.37 Å². The molecular formula is C13H13ClFNOS. The van der Waals surface area contributed by atoms with Crippen LogP contribution in [-0.2, 0) is 6.42 Å². The third-order valence-electron chi connectivity index (χ3n) is 2.71. The van der Waals surface area contributed by atoms with Crippen molar-refractivity contribution >= 4 is 22.9 Å². The lowest BCUT2D eigenvalue weighted by molar-refractivity contribution is 0.178. The molecule has 0 aliphatic rings. The fourth-order valence-corrected chi connectivity index (χ4v) is 2.88. The highest BCUT2D eigenvalue weighted by molar-refractivity contribution is 7.11. The quantitative estimate of drug-likeness (QED) is 0.930. The number of aryl methyl sites for hydroxylation is 2. The zero-order chi connectivity index (χ0) is 13.3. The predicted molar refractivity (Wildman–Crippen MR) is 71.7 cm³/mol. The molecular weight excluding hydrogens is 273 g/mol. The van der Waals surface area contributed by atoms with E-state index in [1.165, 1.54) is 12.1 Å². The molecule has 18 heavy (non-hydrogen) atoms. The summed E-state index contributed by atoms with van der Waals surface area (Å²) in [5, 5.41) is 11.2. The van der Waals surface area contributed by atoms with E-state index in [4.69, 9.17) is 11.6 Å². The largest absolute Gasteiger partial charge is 0.388 e. The van der Waals surface area contributed by atoms with Crippen LogP contribution in [0.3, 0.4) is 0 Å². The first kappa shape index (κ1) is 13.5. The van der Waals surface area contributed by atoms with Crippen LogP contribution >= 0.6 is 22.9 Å². The summed E-state index contributed by atoms with van der Waals surface area (Å²) < 4.78 is 13.2. The van der Waals surface area contributed by atoms with Crippen molar-refractivity contribution in [2.24, 2.45) is 0 Å². The first-order valence-electron chi connectivity index (χ1n) is 5.52. The molecule has 1 aromatic carbocycles. The summed E-state index contributed by atoms with van der Waals surface area (Å²) in [6.45, 7) is 3.92. The minimum atomic E-state index is -0.789. The Balaban J connectivity index is 2.18. The second-order valence-electron chi connectivity index (χ2n) is 4.17. The van der Waals surface area contributed by atoms with E-state index in [0.29, 0.717) is 12.0 Å². The SMILES string of the molecule is Cc1nc(CC(O)c2cc(F)cc(Cl)c2)sc1C. The van der Waals surface area contributed by atoms with Crippen molar-refractivity contribution in [1.29, 1.82) is 0 Å². The topological polar surface area (TPSA) is 33.1 Å². The lowest BCUT2D eigenvalue weighted by Crippen LogP contribution is -2.02. The lowest BCUT2D eigenvalue weighted by atomic mass is 10.1. The molecule has 0 radical (unpaired) electrons. The first-order valence-corrected chi connectivity index (χ1v) is 6.72. The summed E-state index contributed by atoms with van der Waals surface area (Å²) in [6.07, 6.45) is -0.415. The molecule has 0 aliphatic carbocycles. The molecule has 96 valence electrons. The van der Waals surface area contributed by atoms with Crippen LogP contribution < -0.4 is 0 Å². The second-order valence-corrected chi connectivity index (χ2v) is 5.90. The fraction of sp³-hybridized carbons (Fsp3) is 0.308. The molecule has 2 nitrogen and oxygen atoms in total. The predicted octanol–water partition coefficient (Wildman–Crippen LogP) is 3.83. The molecule has 2 rings (SSSR count). The average Bonchev–Trinajstić information content (AvgIpc) is 2.56. The fourth-order valence-electron chi connectivity index (χ4n) is 1.68. The molecule has 0 bridgehead atoms. The van der Waals surface area contributed by atoms with Crippen LogP contribution in [0.5, 0.6) is 0 Å². The first-order chi connectivity index (χ1) is 8.45. The van der Waals surface area contributed by atoms with Crippen LogP contribution in [0.25, 0.3) is 0 Å². The Hall–Kier alpha value is -0.970. The number of aromatic nitrogens is 1. The molecule has 0 amide bonds. The molecule has 1 atom stereocenters. The zero-order valence-corrected chi connectivity index (χ0v) is 11.6. The van der Waals surface area contributed by atoms with E-state index in [2.05, 4.69) is 4.98 Å². The Morgan fingerprint density at radius 1 is 1.39 bits per heavy atom. The Morgan fingerprint density at radius 2 is 2.11 bits per heavy atom. The van der Waals surface area contributed by atoms with Gasteiger partial charge in [-0.2, -0.15) is 0 Å². The summed E-state index contributed by atoms with van der Waals surface area (Å²) in [6, 6.07) is 4.09. The van der Waals surface area contributed by atoms with E-state index >= 15 is 0 Å². The number of nitrogens with zero attached hydrogens (tertiary/aromatic N) is 1. The normalized spacial score (nSPS) is 12.7. The summed E-state index contributed by atoms with van der Waals surface area (Å²) in [5.74, 6) is -0.442. The van der Waals surface area contributed by atoms with E-state index in [1.54, 1.807) is 17.4 Å². The van der Waals surface area contributed by atoms with Crippen molar-refractivity contribution in [3.05, 3.63) is 50.2 Å². The summed E-state index contributed by atoms with van der Waals surface area (Å²) in [7, 11) is 0. The van der Waals surface area contributed by atoms with Crippen LogP contribution in [0.4, 0.5) is 4.39 Å². The molecule has 1 aromatic heterocycles. The zero-order valence-electron chi connectivity index (χ0n) is 10.1. The van der Waals surface area contributed by atoms with Gasteiger partial charge in [-0.05, 0) is 37.6 Å². The maximum absolute atomic E-state index is 13.2. The van der Waals surface area contributed by atoms with Gasteiger partial charge in [0.1, 0.15) is 5.82 Å². The summed E-state index contributed by atoms with van der Waals surface area (Å²) >= 11 is 7.31. The number of rotatable bonds is 3. The summed E-state index contributed by atoms with van der Waals surface area (Å²) in [5.41, 5.74) is 1.45. The molecule has 1 N–H and O–H groups in total. The van der Waals surface area contributed by atoms with Gasteiger partial charge in [-0.15, -0.1) is 11.3 Å². The standard InChI is InChI=1S/C13H13ClFNOS/c1-7-8(2)18-13(16-7)6-12(17)9-3-10(14)5-11(15)4-9/h3-5,12,17H,6H2,1-2H3. The Kier molecular flexibility index (Phi) is 4.00. The van der Waals surface area contributed by atoms with Crippen LogP contribution in [0.15, 0.2) is 18.2 Å².